The van der Waals surface area contributed by atoms with Crippen molar-refractivity contribution in [3.05, 3.63) is 0 Å². The van der Waals surface area contributed by atoms with Crippen LogP contribution < -0.4 is 4.72 Å². The zero-order valence-corrected chi connectivity index (χ0v) is 6.07. The van der Waals surface area contributed by atoms with E-state index < -0.39 is 23.4 Å². The molecule has 0 aromatic heterocycles. The Morgan fingerprint density at radius 2 is 2.33 bits per heavy atom. The zero-order valence-electron chi connectivity index (χ0n) is 5.25. The molecule has 2 atom stereocenters. The molecule has 0 radical (unpaired) electrons. The van der Waals surface area contributed by atoms with Crippen LogP contribution in [-0.4, -0.2) is 27.9 Å². The lowest BCUT2D eigenvalue weighted by molar-refractivity contribution is -0.138. The Balaban J connectivity index is 3.50. The van der Waals surface area contributed by atoms with Crippen molar-refractivity contribution in [1.82, 2.24) is 4.72 Å². The van der Waals surface area contributed by atoms with Crippen LogP contribution in [0.25, 0.3) is 0 Å². The standard InChI is InChI=1S/C4H9NO3S/c1-3(4(6)7)5-9(2)8/h3,5H,1-2H3,(H,6,7)/t3-,9?/m0/s1. The highest BCUT2D eigenvalue weighted by atomic mass is 32.2. The largest absolute Gasteiger partial charge is 0.598 e. The highest BCUT2D eigenvalue weighted by Gasteiger charge is 2.13. The van der Waals surface area contributed by atoms with Crippen LogP contribution in [0.2, 0.25) is 0 Å². The average Bonchev–Trinajstić information content (AvgIpc) is 1.63. The van der Waals surface area contributed by atoms with E-state index in [-0.39, 0.29) is 0 Å². The van der Waals surface area contributed by atoms with Gasteiger partial charge in [0.15, 0.2) is 0 Å². The van der Waals surface area contributed by atoms with Gasteiger partial charge in [-0.05, 0) is 6.92 Å². The van der Waals surface area contributed by atoms with Crippen LogP contribution in [0.1, 0.15) is 6.92 Å². The van der Waals surface area contributed by atoms with E-state index in [1.165, 1.54) is 13.2 Å². The summed E-state index contributed by atoms with van der Waals surface area (Å²) in [5.74, 6) is -0.995. The first-order valence-electron chi connectivity index (χ1n) is 2.36. The fraction of sp³-hybridized carbons (Fsp3) is 0.750. The molecule has 0 aliphatic rings. The molecule has 4 nitrogen and oxygen atoms in total. The molecule has 2 N–H and O–H groups in total. The molecule has 0 rings (SSSR count). The van der Waals surface area contributed by atoms with Crippen molar-refractivity contribution in [2.24, 2.45) is 0 Å². The van der Waals surface area contributed by atoms with Crippen molar-refractivity contribution in [1.29, 1.82) is 0 Å². The highest BCUT2D eigenvalue weighted by Crippen LogP contribution is 1.83. The summed E-state index contributed by atoms with van der Waals surface area (Å²) in [6, 6.07) is -0.740. The first kappa shape index (κ1) is 8.74. The van der Waals surface area contributed by atoms with Crippen molar-refractivity contribution in [3.8, 4) is 0 Å². The topological polar surface area (TPSA) is 72.4 Å². The second kappa shape index (κ2) is 3.71. The Kier molecular flexibility index (Phi) is 3.60. The van der Waals surface area contributed by atoms with Gasteiger partial charge in [-0.2, -0.15) is 0 Å². The summed E-state index contributed by atoms with van der Waals surface area (Å²) in [4.78, 5) is 10.0. The van der Waals surface area contributed by atoms with Crippen molar-refractivity contribution in [3.63, 3.8) is 0 Å². The Bertz CT molecular complexity index is 106. The number of aliphatic carboxylic acids is 1. The molecule has 0 aromatic carbocycles. The van der Waals surface area contributed by atoms with Gasteiger partial charge in [0.2, 0.25) is 0 Å². The van der Waals surface area contributed by atoms with E-state index in [1.807, 2.05) is 0 Å². The van der Waals surface area contributed by atoms with Crippen LogP contribution in [0.3, 0.4) is 0 Å². The molecule has 0 aliphatic heterocycles. The summed E-state index contributed by atoms with van der Waals surface area (Å²) >= 11 is -1.25. The SMILES string of the molecule is C[C@H](N[S+](C)[O-])C(=O)O. The third-order valence-electron chi connectivity index (χ3n) is 0.713. The molecule has 0 fully saturated rings. The normalized spacial score (nSPS) is 16.8. The van der Waals surface area contributed by atoms with E-state index in [1.54, 1.807) is 0 Å². The number of rotatable bonds is 3. The number of hydrogen-bond donors (Lipinski definition) is 2. The summed E-state index contributed by atoms with van der Waals surface area (Å²) < 4.78 is 12.6. The van der Waals surface area contributed by atoms with Gasteiger partial charge in [-0.15, -0.1) is 4.72 Å². The molecule has 1 unspecified atom stereocenters. The number of carbonyl (C=O) groups is 1. The first-order valence-corrected chi connectivity index (χ1v) is 3.92. The molecule has 5 heteroatoms. The third kappa shape index (κ3) is 4.26. The van der Waals surface area contributed by atoms with Gasteiger partial charge in [0.25, 0.3) is 0 Å². The minimum Gasteiger partial charge on any atom is -0.598 e. The molecule has 0 heterocycles. The van der Waals surface area contributed by atoms with Gasteiger partial charge in [0, 0.05) is 11.4 Å². The molecule has 54 valence electrons. The average molecular weight is 151 g/mol. The maximum atomic E-state index is 10.3. The lowest BCUT2D eigenvalue weighted by Crippen LogP contribution is -2.37. The molecule has 0 aromatic rings. The number of hydrogen-bond acceptors (Lipinski definition) is 3. The Morgan fingerprint density at radius 3 is 2.44 bits per heavy atom. The maximum absolute atomic E-state index is 10.3. The molecule has 0 amide bonds. The van der Waals surface area contributed by atoms with Gasteiger partial charge in [0.05, 0.1) is 0 Å². The van der Waals surface area contributed by atoms with Gasteiger partial charge >= 0.3 is 5.97 Å². The third-order valence-corrected chi connectivity index (χ3v) is 1.40. The molecule has 0 saturated heterocycles. The molecule has 9 heavy (non-hydrogen) atoms. The van der Waals surface area contributed by atoms with E-state index in [0.29, 0.717) is 0 Å². The van der Waals surface area contributed by atoms with E-state index in [4.69, 9.17) is 5.11 Å². The number of carboxylic acids is 1. The summed E-state index contributed by atoms with van der Waals surface area (Å²) in [5.41, 5.74) is 0. The molecule has 0 spiro atoms. The van der Waals surface area contributed by atoms with Crippen LogP contribution in [0.15, 0.2) is 0 Å². The second-order valence-electron chi connectivity index (χ2n) is 1.63. The minimum absolute atomic E-state index is 0.740. The van der Waals surface area contributed by atoms with Crippen LogP contribution >= 0.6 is 0 Å². The van der Waals surface area contributed by atoms with Gasteiger partial charge in [0.1, 0.15) is 12.3 Å². The van der Waals surface area contributed by atoms with Gasteiger partial charge in [-0.3, -0.25) is 4.79 Å². The first-order chi connectivity index (χ1) is 4.04. The predicted molar refractivity (Wildman–Crippen MR) is 34.3 cm³/mol. The Labute approximate surface area is 56.6 Å². The summed E-state index contributed by atoms with van der Waals surface area (Å²) in [6.45, 7) is 1.43. The predicted octanol–water partition coefficient (Wildman–Crippen LogP) is -0.657. The van der Waals surface area contributed by atoms with Crippen molar-refractivity contribution in [2.45, 2.75) is 13.0 Å². The Morgan fingerprint density at radius 1 is 1.89 bits per heavy atom. The number of nitrogens with one attached hydrogen (secondary N) is 1. The van der Waals surface area contributed by atoms with Crippen LogP contribution in [0.5, 0.6) is 0 Å². The summed E-state index contributed by atoms with van der Waals surface area (Å²) in [5, 5.41) is 8.23. The number of carboxylic acid groups (broad SMARTS) is 1. The summed E-state index contributed by atoms with van der Waals surface area (Å²) in [6.07, 6.45) is 1.39. The zero-order chi connectivity index (χ0) is 7.44. The highest BCUT2D eigenvalue weighted by molar-refractivity contribution is 7.88. The maximum Gasteiger partial charge on any atom is 0.324 e. The molecule has 0 saturated carbocycles. The van der Waals surface area contributed by atoms with Crippen molar-refractivity contribution in [2.75, 3.05) is 6.26 Å². The lowest BCUT2D eigenvalue weighted by Gasteiger charge is -2.08. The molecule has 0 aliphatic carbocycles. The smallest absolute Gasteiger partial charge is 0.324 e. The quantitative estimate of drug-likeness (QED) is 0.525. The fourth-order valence-corrected chi connectivity index (χ4v) is 0.898. The Hall–Kier alpha value is -0.260. The molecular weight excluding hydrogens is 142 g/mol. The monoisotopic (exact) mass is 151 g/mol. The van der Waals surface area contributed by atoms with E-state index in [2.05, 4.69) is 4.72 Å². The van der Waals surface area contributed by atoms with Crippen LogP contribution in [0, 0.1) is 0 Å². The van der Waals surface area contributed by atoms with Crippen molar-refractivity contribution < 1.29 is 14.5 Å². The fourth-order valence-electron chi connectivity index (χ4n) is 0.299. The second-order valence-corrected chi connectivity index (χ2v) is 2.78. The van der Waals surface area contributed by atoms with Gasteiger partial charge in [-0.25, -0.2) is 0 Å². The lowest BCUT2D eigenvalue weighted by atomic mass is 10.4. The van der Waals surface area contributed by atoms with Crippen LogP contribution in [0.4, 0.5) is 0 Å². The van der Waals surface area contributed by atoms with E-state index in [9.17, 15) is 9.35 Å². The summed E-state index contributed by atoms with van der Waals surface area (Å²) in [7, 11) is 0. The van der Waals surface area contributed by atoms with E-state index >= 15 is 0 Å². The van der Waals surface area contributed by atoms with Crippen molar-refractivity contribution >= 4 is 17.3 Å². The molecule has 0 bridgehead atoms. The van der Waals surface area contributed by atoms with E-state index in [0.717, 1.165) is 0 Å². The minimum atomic E-state index is -1.25. The van der Waals surface area contributed by atoms with Gasteiger partial charge in [-0.1, -0.05) is 0 Å². The van der Waals surface area contributed by atoms with Crippen LogP contribution in [-0.2, 0) is 16.2 Å². The molecular formula is C4H9NO3S. The van der Waals surface area contributed by atoms with Gasteiger partial charge < -0.3 is 9.66 Å².